The van der Waals surface area contributed by atoms with Crippen LogP contribution in [0.25, 0.3) is 0 Å². The van der Waals surface area contributed by atoms with E-state index in [1.54, 1.807) is 0 Å². The second-order valence-electron chi connectivity index (χ2n) is 9.31. The van der Waals surface area contributed by atoms with Crippen LogP contribution in [0, 0.1) is 0 Å². The summed E-state index contributed by atoms with van der Waals surface area (Å²) in [6, 6.07) is 0. The normalized spacial score (nSPS) is 15.0. The van der Waals surface area contributed by atoms with Crippen LogP contribution in [0.3, 0.4) is 0 Å². The maximum atomic E-state index is 11.3. The molecule has 9 heteroatoms. The molecule has 0 aromatic heterocycles. The van der Waals surface area contributed by atoms with Crippen LogP contribution in [-0.4, -0.2) is 46.3 Å². The van der Waals surface area contributed by atoms with Gasteiger partial charge in [0.1, 0.15) is 0 Å². The predicted octanol–water partition coefficient (Wildman–Crippen LogP) is 4.99. The van der Waals surface area contributed by atoms with Gasteiger partial charge in [-0.1, -0.05) is 13.5 Å². The lowest BCUT2D eigenvalue weighted by molar-refractivity contribution is -0.137. The maximum Gasteiger partial charge on any atom is 0.472 e. The third kappa shape index (κ3) is 11.3. The number of rotatable bonds is 11. The van der Waals surface area contributed by atoms with Gasteiger partial charge in [0, 0.05) is 11.6 Å². The fraction of sp³-hybridized carbons (Fsp3) is 0.812. The van der Waals surface area contributed by atoms with Gasteiger partial charge >= 0.3 is 14.8 Å². The Labute approximate surface area is 158 Å². The van der Waals surface area contributed by atoms with E-state index < -0.39 is 39.7 Å². The van der Waals surface area contributed by atoms with E-state index in [9.17, 15) is 4.79 Å². The number of hydrogen-bond acceptors (Lipinski definition) is 5. The van der Waals surface area contributed by atoms with Gasteiger partial charge in [-0.15, -0.1) is 0 Å². The Balaban J connectivity index is 5.61. The first-order chi connectivity index (χ1) is 11.0. The van der Waals surface area contributed by atoms with Crippen molar-refractivity contribution in [1.82, 2.24) is 0 Å². The van der Waals surface area contributed by atoms with E-state index in [1.165, 1.54) is 6.08 Å². The van der Waals surface area contributed by atoms with Gasteiger partial charge in [0.05, 0.1) is 6.61 Å². The number of hydrogen-bond donors (Lipinski definition) is 0. The van der Waals surface area contributed by atoms with E-state index in [-0.39, 0.29) is 5.54 Å². The van der Waals surface area contributed by atoms with Gasteiger partial charge in [0.15, 0.2) is 25.0 Å². The van der Waals surface area contributed by atoms with E-state index in [2.05, 4.69) is 72.4 Å². The summed E-state index contributed by atoms with van der Waals surface area (Å²) in [7, 11) is -8.59. The van der Waals surface area contributed by atoms with Crippen molar-refractivity contribution in [3.05, 3.63) is 12.7 Å². The zero-order valence-corrected chi connectivity index (χ0v) is 21.8. The summed E-state index contributed by atoms with van der Waals surface area (Å²) in [4.78, 5) is 11.3. The van der Waals surface area contributed by atoms with Crippen molar-refractivity contribution in [3.63, 3.8) is 0 Å². The topological polar surface area (TPSA) is 54.0 Å². The lowest BCUT2D eigenvalue weighted by Crippen LogP contribution is -2.62. The molecule has 0 bridgehead atoms. The third-order valence-electron chi connectivity index (χ3n) is 2.91. The Bertz CT molecular complexity index is 408. The summed E-state index contributed by atoms with van der Waals surface area (Å²) in [5, 5.41) is 0. The molecule has 1 unspecified atom stereocenters. The van der Waals surface area contributed by atoms with Crippen LogP contribution >= 0.6 is 0 Å². The molecule has 0 aliphatic heterocycles. The first-order valence-electron chi connectivity index (χ1n) is 8.89. The van der Waals surface area contributed by atoms with E-state index >= 15 is 0 Å². The van der Waals surface area contributed by atoms with Gasteiger partial charge in [0.25, 0.3) is 0 Å². The summed E-state index contributed by atoms with van der Waals surface area (Å²) in [5.41, 5.74) is 0.0651. The maximum absolute atomic E-state index is 11.3. The van der Waals surface area contributed by atoms with E-state index in [4.69, 9.17) is 17.1 Å². The number of carbonyl (C=O) groups excluding carboxylic acids is 1. The van der Waals surface area contributed by atoms with E-state index in [0.717, 1.165) is 0 Å². The summed E-state index contributed by atoms with van der Waals surface area (Å²) < 4.78 is 25.2. The zero-order valence-electron chi connectivity index (χ0n) is 17.8. The summed E-state index contributed by atoms with van der Waals surface area (Å²) in [6.07, 6.45) is 1.84. The Hall–Kier alpha value is -0.0425. The Morgan fingerprint density at radius 3 is 1.52 bits per heavy atom. The molecule has 0 spiro atoms. The fourth-order valence-corrected chi connectivity index (χ4v) is 17.0. The summed E-state index contributed by atoms with van der Waals surface area (Å²) >= 11 is 0. The first-order valence-corrected chi connectivity index (χ1v) is 20.9. The van der Waals surface area contributed by atoms with Crippen LogP contribution < -0.4 is 0 Å². The van der Waals surface area contributed by atoms with E-state index in [0.29, 0.717) is 13.0 Å². The highest BCUT2D eigenvalue weighted by Crippen LogP contribution is 2.36. The molecule has 0 fully saturated rings. The molecule has 0 rings (SSSR count). The van der Waals surface area contributed by atoms with Gasteiger partial charge in [-0.25, -0.2) is 4.79 Å². The zero-order chi connectivity index (χ0) is 20.1. The van der Waals surface area contributed by atoms with Gasteiger partial charge in [-0.05, 0) is 65.3 Å². The highest BCUT2D eigenvalue weighted by molar-refractivity contribution is 6.90. The first kappa shape index (κ1) is 25.0. The smallest absolute Gasteiger partial charge is 0.463 e. The lowest BCUT2D eigenvalue weighted by Gasteiger charge is -2.45. The van der Waals surface area contributed by atoms with Crippen molar-refractivity contribution < 1.29 is 21.9 Å². The van der Waals surface area contributed by atoms with Gasteiger partial charge < -0.3 is 17.1 Å². The van der Waals surface area contributed by atoms with Crippen LogP contribution in [0.5, 0.6) is 0 Å². The molecule has 0 saturated carbocycles. The second-order valence-corrected chi connectivity index (χ2v) is 26.6. The van der Waals surface area contributed by atoms with E-state index in [1.807, 2.05) is 0 Å². The number of carbonyl (C=O) groups is 1. The van der Waals surface area contributed by atoms with Crippen LogP contribution in [0.15, 0.2) is 12.7 Å². The Kier molecular flexibility index (Phi) is 9.23. The van der Waals surface area contributed by atoms with Crippen LogP contribution in [-0.2, 0) is 21.9 Å². The van der Waals surface area contributed by atoms with Crippen LogP contribution in [0.1, 0.15) is 13.3 Å². The van der Waals surface area contributed by atoms with Gasteiger partial charge in [-0.3, -0.25) is 0 Å². The fourth-order valence-electron chi connectivity index (χ4n) is 2.22. The molecule has 0 aliphatic carbocycles. The highest BCUT2D eigenvalue weighted by Gasteiger charge is 2.53. The minimum atomic E-state index is -2.92. The molecule has 25 heavy (non-hydrogen) atoms. The molecule has 0 radical (unpaired) electrons. The quantitative estimate of drug-likeness (QED) is 0.267. The Morgan fingerprint density at radius 1 is 0.880 bits per heavy atom. The highest BCUT2D eigenvalue weighted by atomic mass is 28.5. The second kappa shape index (κ2) is 9.24. The van der Waals surface area contributed by atoms with Crippen LogP contribution in [0.2, 0.25) is 64.5 Å². The number of esters is 1. The lowest BCUT2D eigenvalue weighted by atomic mass is 10.3. The largest absolute Gasteiger partial charge is 0.472 e. The number of ether oxygens (including phenoxy) is 1. The van der Waals surface area contributed by atoms with Crippen molar-refractivity contribution in [1.29, 1.82) is 0 Å². The van der Waals surface area contributed by atoms with Crippen molar-refractivity contribution >= 4 is 39.7 Å². The summed E-state index contributed by atoms with van der Waals surface area (Å²) in [6.45, 7) is 25.4. The minimum absolute atomic E-state index is 0.0651. The molecule has 0 amide bonds. The standard InChI is InChI=1S/C16H38O5Si4/c1-12-16(17)18-14-13-15(2)25(19-22(3,4)5,20-23(6,7)8)21-24(9,10)11/h12,15H,1,13-14H2,2-11H3. The molecule has 0 heterocycles. The van der Waals surface area contributed by atoms with Crippen molar-refractivity contribution in [3.8, 4) is 0 Å². The van der Waals surface area contributed by atoms with Crippen molar-refractivity contribution in [2.45, 2.75) is 77.8 Å². The molecule has 0 aliphatic rings. The predicted molar refractivity (Wildman–Crippen MR) is 114 cm³/mol. The average molecular weight is 423 g/mol. The molecule has 0 N–H and O–H groups in total. The molecule has 0 aromatic rings. The molecule has 148 valence electrons. The molecule has 0 saturated heterocycles. The molecular formula is C16H38O5Si4. The molecular weight excluding hydrogens is 385 g/mol. The molecule has 1 atom stereocenters. The third-order valence-corrected chi connectivity index (χ3v) is 15.2. The van der Waals surface area contributed by atoms with Gasteiger partial charge in [0.2, 0.25) is 0 Å². The van der Waals surface area contributed by atoms with Crippen molar-refractivity contribution in [2.75, 3.05) is 6.61 Å². The average Bonchev–Trinajstić information content (AvgIpc) is 2.31. The molecule has 0 aromatic carbocycles. The van der Waals surface area contributed by atoms with Crippen molar-refractivity contribution in [2.24, 2.45) is 0 Å². The monoisotopic (exact) mass is 422 g/mol. The minimum Gasteiger partial charge on any atom is -0.463 e. The van der Waals surface area contributed by atoms with Crippen LogP contribution in [0.4, 0.5) is 0 Å². The Morgan fingerprint density at radius 2 is 1.24 bits per heavy atom. The summed E-state index contributed by atoms with van der Waals surface area (Å²) in [5.74, 6) is -0.400. The SMILES string of the molecule is C=CC(=O)OCCC(C)[Si](O[Si](C)(C)C)(O[Si](C)(C)C)O[Si](C)(C)C. The van der Waals surface area contributed by atoms with Gasteiger partial charge in [-0.2, -0.15) is 0 Å². The molecule has 5 nitrogen and oxygen atoms in total.